The number of furan rings is 1. The number of para-hydroxylation sites is 1. The van der Waals surface area contributed by atoms with Crippen molar-refractivity contribution >= 4 is 94.7 Å². The molecule has 242 valence electrons. The predicted octanol–water partition coefficient (Wildman–Crippen LogP) is 5.26. The van der Waals surface area contributed by atoms with Crippen molar-refractivity contribution in [2.75, 3.05) is 0 Å². The molecule has 9 rings (SSSR count). The number of aromatic hydroxyl groups is 1. The van der Waals surface area contributed by atoms with Gasteiger partial charge in [0.2, 0.25) is 0 Å². The summed E-state index contributed by atoms with van der Waals surface area (Å²) < 4.78 is 20.7. The van der Waals surface area contributed by atoms with Crippen LogP contribution in [-0.4, -0.2) is 11.6 Å². The van der Waals surface area contributed by atoms with Gasteiger partial charge in [0.25, 0.3) is 6.47 Å². The molecular formula is C41H25Cl2FK2O5. The number of carbonyl (C=O) groups excluding carboxylic acids is 1. The number of carbonyl (C=O) groups is 1. The first kappa shape index (κ1) is 39.8. The van der Waals surface area contributed by atoms with E-state index in [0.29, 0.717) is 21.5 Å². The molecule has 0 amide bonds. The number of phenolic OH excluding ortho intramolecular Hbond substituents is 1. The van der Waals surface area contributed by atoms with Crippen LogP contribution in [0.3, 0.4) is 0 Å². The van der Waals surface area contributed by atoms with Gasteiger partial charge >= 0.3 is 103 Å². The van der Waals surface area contributed by atoms with Crippen LogP contribution < -0.4 is 108 Å². The average molecular weight is 766 g/mol. The molecular weight excluding hydrogens is 741 g/mol. The molecule has 0 saturated heterocycles. The van der Waals surface area contributed by atoms with E-state index in [1.165, 1.54) is 22.2 Å². The van der Waals surface area contributed by atoms with Gasteiger partial charge in [0.1, 0.15) is 17.1 Å². The third-order valence-electron chi connectivity index (χ3n) is 8.49. The van der Waals surface area contributed by atoms with Crippen LogP contribution in [0.25, 0.3) is 76.2 Å². The van der Waals surface area contributed by atoms with E-state index in [1.807, 2.05) is 66.7 Å². The largest absolute Gasteiger partial charge is 1.00 e. The summed E-state index contributed by atoms with van der Waals surface area (Å²) in [6.45, 7) is -0.181. The zero-order valence-electron chi connectivity index (χ0n) is 28.5. The maximum absolute atomic E-state index is 14.6. The second-order valence-electron chi connectivity index (χ2n) is 11.1. The van der Waals surface area contributed by atoms with Crippen molar-refractivity contribution < 1.29 is 133 Å². The maximum atomic E-state index is 14.6. The molecule has 51 heavy (non-hydrogen) atoms. The molecule has 0 aliphatic rings. The fourth-order valence-corrected chi connectivity index (χ4v) is 6.87. The Balaban J connectivity index is 0.000000201. The topological polar surface area (TPSA) is 82.7 Å². The summed E-state index contributed by atoms with van der Waals surface area (Å²) in [5.41, 5.74) is 2.45. The second kappa shape index (κ2) is 17.6. The normalized spacial score (nSPS) is 10.6. The summed E-state index contributed by atoms with van der Waals surface area (Å²) in [6, 6.07) is 42.8. The predicted molar refractivity (Wildman–Crippen MR) is 196 cm³/mol. The van der Waals surface area contributed by atoms with Crippen LogP contribution in [0.1, 0.15) is 1.43 Å². The summed E-state index contributed by atoms with van der Waals surface area (Å²) in [5, 5.41) is 30.3. The third-order valence-corrected chi connectivity index (χ3v) is 9.08. The average Bonchev–Trinajstić information content (AvgIpc) is 3.56. The van der Waals surface area contributed by atoms with E-state index >= 15 is 0 Å². The van der Waals surface area contributed by atoms with Crippen LogP contribution in [0.2, 0.25) is 10.0 Å². The van der Waals surface area contributed by atoms with Crippen LogP contribution in [0.4, 0.5) is 4.39 Å². The van der Waals surface area contributed by atoms with E-state index < -0.39 is 5.82 Å². The zero-order chi connectivity index (χ0) is 34.1. The molecule has 0 aliphatic carbocycles. The van der Waals surface area contributed by atoms with Gasteiger partial charge in [0.15, 0.2) is 5.58 Å². The summed E-state index contributed by atoms with van der Waals surface area (Å²) in [6.07, 6.45) is 0. The van der Waals surface area contributed by atoms with Crippen molar-refractivity contribution in [1.82, 2.24) is 0 Å². The number of fused-ring (bicyclic) bond motifs is 11. The Bertz CT molecular complexity index is 2700. The van der Waals surface area contributed by atoms with Crippen molar-refractivity contribution in [1.29, 1.82) is 0 Å². The van der Waals surface area contributed by atoms with E-state index in [1.54, 1.807) is 12.1 Å². The Morgan fingerprint density at radius 1 is 0.588 bits per heavy atom. The van der Waals surface area contributed by atoms with Crippen molar-refractivity contribution in [2.45, 2.75) is 0 Å². The minimum atomic E-state index is -0.523. The molecule has 0 fully saturated rings. The summed E-state index contributed by atoms with van der Waals surface area (Å²) in [7, 11) is 0. The standard InChI is InChI=1S/C20H12ClFO.C20H11ClO.CH2O3.2K.H/c21-17-11-5-10-16(19(17)22)18-14-8-3-1-6-12(14)13-7-2-4-9-15(13)20(18)23;21-17-11-5-10-16-18-14-8-3-1-6-12(14)13-7-2-4-9-15(13)20(18)22-19(16)17;2-1-4-3;;;/h1-11,23H;1-11H;1,3H;;;/q;;;2*+1;-1/p-1. The Morgan fingerprint density at radius 2 is 1.02 bits per heavy atom. The molecule has 5 nitrogen and oxygen atoms in total. The monoisotopic (exact) mass is 764 g/mol. The Labute approximate surface area is 388 Å². The van der Waals surface area contributed by atoms with E-state index in [-0.39, 0.29) is 121 Å². The Kier molecular flexibility index (Phi) is 13.8. The first-order valence-electron chi connectivity index (χ1n) is 15.1. The molecule has 0 aliphatic heterocycles. The van der Waals surface area contributed by atoms with Crippen molar-refractivity contribution in [2.24, 2.45) is 0 Å². The third kappa shape index (κ3) is 7.54. The molecule has 0 saturated carbocycles. The van der Waals surface area contributed by atoms with E-state index in [4.69, 9.17) is 37.7 Å². The number of hydrogen-bond acceptors (Lipinski definition) is 5. The minimum absolute atomic E-state index is 0. The van der Waals surface area contributed by atoms with Crippen LogP contribution in [0.15, 0.2) is 138 Å². The second-order valence-corrected chi connectivity index (χ2v) is 11.9. The molecule has 10 heteroatoms. The molecule has 0 unspecified atom stereocenters. The van der Waals surface area contributed by atoms with Gasteiger partial charge in [-0.05, 0) is 44.5 Å². The van der Waals surface area contributed by atoms with E-state index in [0.717, 1.165) is 43.5 Å². The summed E-state index contributed by atoms with van der Waals surface area (Å²) in [5.74, 6) is -0.453. The van der Waals surface area contributed by atoms with Crippen molar-refractivity contribution in [3.63, 3.8) is 0 Å². The first-order chi connectivity index (χ1) is 23.9. The zero-order valence-corrected chi connectivity index (χ0v) is 35.3. The maximum Gasteiger partial charge on any atom is 1.00 e. The number of halogens is 3. The minimum Gasteiger partial charge on any atom is -1.00 e. The summed E-state index contributed by atoms with van der Waals surface area (Å²) in [4.78, 5) is 11.2. The molecule has 9 aromatic rings. The molecule has 1 aromatic heterocycles. The van der Waals surface area contributed by atoms with Gasteiger partial charge in [0.05, 0.1) is 10.0 Å². The molecule has 0 spiro atoms. The number of hydrogen-bond donors (Lipinski definition) is 1. The number of phenols is 1. The fraction of sp³-hybridized carbons (Fsp3) is 0. The van der Waals surface area contributed by atoms with Gasteiger partial charge in [0, 0.05) is 32.7 Å². The van der Waals surface area contributed by atoms with Crippen LogP contribution in [0.5, 0.6) is 5.75 Å². The van der Waals surface area contributed by atoms with Crippen molar-refractivity contribution in [3.8, 4) is 16.9 Å². The van der Waals surface area contributed by atoms with Crippen LogP contribution in [-0.2, 0) is 9.68 Å². The number of benzene rings is 8. The quantitative estimate of drug-likeness (QED) is 0.0855. The van der Waals surface area contributed by atoms with E-state index in [9.17, 15) is 9.50 Å². The number of rotatable bonds is 2. The van der Waals surface area contributed by atoms with Crippen LogP contribution >= 0.6 is 23.2 Å². The van der Waals surface area contributed by atoms with Gasteiger partial charge in [-0.1, -0.05) is 145 Å². The molecule has 8 aromatic carbocycles. The molecule has 0 atom stereocenters. The Hall–Kier alpha value is -2.39. The molecule has 0 bridgehead atoms. The van der Waals surface area contributed by atoms with Gasteiger partial charge in [-0.3, -0.25) is 4.79 Å². The van der Waals surface area contributed by atoms with Gasteiger partial charge in [-0.2, -0.15) is 0 Å². The first-order valence-corrected chi connectivity index (χ1v) is 15.9. The van der Waals surface area contributed by atoms with Crippen LogP contribution in [0, 0.1) is 5.82 Å². The Morgan fingerprint density at radius 3 is 1.63 bits per heavy atom. The van der Waals surface area contributed by atoms with E-state index in [2.05, 4.69) is 53.4 Å². The summed E-state index contributed by atoms with van der Waals surface area (Å²) >= 11 is 12.3. The van der Waals surface area contributed by atoms with Gasteiger partial charge in [-0.15, -0.1) is 0 Å². The molecule has 0 radical (unpaired) electrons. The molecule has 1 heterocycles. The van der Waals surface area contributed by atoms with Crippen molar-refractivity contribution in [3.05, 3.63) is 149 Å². The SMILES string of the molecule is Clc1cccc2c1oc1c3ccccc3c3ccccc3c21.O=CO[O-].Oc1c(-c2cccc(Cl)c2F)c2ccccc2c2ccccc12.[H-].[K+].[K+]. The smallest absolute Gasteiger partial charge is 1.00 e. The van der Waals surface area contributed by atoms with Gasteiger partial charge < -0.3 is 21.1 Å². The molecule has 1 N–H and O–H groups in total. The fourth-order valence-electron chi connectivity index (χ4n) is 6.49. The van der Waals surface area contributed by atoms with Gasteiger partial charge in [-0.25, -0.2) is 4.39 Å².